The molecular formula is C23H24O4. The van der Waals surface area contributed by atoms with Gasteiger partial charge in [-0.25, -0.2) is 4.79 Å². The van der Waals surface area contributed by atoms with Gasteiger partial charge in [-0.3, -0.25) is 4.79 Å². The van der Waals surface area contributed by atoms with E-state index in [1.807, 2.05) is 30.3 Å². The molecule has 4 nitrogen and oxygen atoms in total. The van der Waals surface area contributed by atoms with E-state index in [4.69, 9.17) is 9.47 Å². The van der Waals surface area contributed by atoms with Gasteiger partial charge in [-0.1, -0.05) is 18.2 Å². The summed E-state index contributed by atoms with van der Waals surface area (Å²) in [5.74, 6) is -0.0234. The molecule has 0 amide bonds. The number of carbonyl (C=O) groups excluding carboxylic acids is 2. The molecule has 0 aliphatic heterocycles. The quantitative estimate of drug-likeness (QED) is 0.577. The second-order valence-corrected chi connectivity index (χ2v) is 7.35. The summed E-state index contributed by atoms with van der Waals surface area (Å²) in [4.78, 5) is 24.2. The van der Waals surface area contributed by atoms with Crippen LogP contribution in [0.4, 0.5) is 0 Å². The minimum absolute atomic E-state index is 0.172. The Morgan fingerprint density at radius 3 is 2.26 bits per heavy atom. The van der Waals surface area contributed by atoms with Crippen molar-refractivity contribution in [3.05, 3.63) is 64.2 Å². The van der Waals surface area contributed by atoms with Gasteiger partial charge in [0, 0.05) is 5.56 Å². The zero-order valence-electron chi connectivity index (χ0n) is 15.5. The standard InChI is InChI=1S/C23H24O4/c24-22(20-9-8-16-4-1-2-5-18(16)12-20)14-27-23(25)15-26-21-11-10-17-6-3-7-19(17)13-21/h8-13H,1-7,14-15H2. The number of ketones is 1. The topological polar surface area (TPSA) is 52.6 Å². The number of rotatable bonds is 6. The number of Topliss-reactive ketones (excluding diaryl/α,β-unsaturated/α-hetero) is 1. The summed E-state index contributed by atoms with van der Waals surface area (Å²) in [6.07, 6.45) is 7.83. The fourth-order valence-corrected chi connectivity index (χ4v) is 3.96. The second-order valence-electron chi connectivity index (χ2n) is 7.35. The molecule has 0 bridgehead atoms. The number of hydrogen-bond acceptors (Lipinski definition) is 4. The van der Waals surface area contributed by atoms with E-state index in [9.17, 15) is 9.59 Å². The van der Waals surface area contributed by atoms with Crippen LogP contribution in [-0.4, -0.2) is 25.0 Å². The van der Waals surface area contributed by atoms with Crippen LogP contribution in [-0.2, 0) is 35.2 Å². The third-order valence-electron chi connectivity index (χ3n) is 5.46. The van der Waals surface area contributed by atoms with Crippen LogP contribution in [0.25, 0.3) is 0 Å². The van der Waals surface area contributed by atoms with Crippen molar-refractivity contribution in [3.63, 3.8) is 0 Å². The highest BCUT2D eigenvalue weighted by atomic mass is 16.6. The monoisotopic (exact) mass is 364 g/mol. The van der Waals surface area contributed by atoms with Crippen molar-refractivity contribution >= 4 is 11.8 Å². The van der Waals surface area contributed by atoms with Gasteiger partial charge in [0.05, 0.1) is 0 Å². The van der Waals surface area contributed by atoms with Gasteiger partial charge in [-0.15, -0.1) is 0 Å². The molecule has 0 radical (unpaired) electrons. The maximum Gasteiger partial charge on any atom is 0.344 e. The maximum atomic E-state index is 12.3. The van der Waals surface area contributed by atoms with E-state index in [0.29, 0.717) is 11.3 Å². The van der Waals surface area contributed by atoms with E-state index in [1.54, 1.807) is 0 Å². The summed E-state index contributed by atoms with van der Waals surface area (Å²) in [6.45, 7) is -0.429. The van der Waals surface area contributed by atoms with Crippen molar-refractivity contribution in [3.8, 4) is 5.75 Å². The number of hydrogen-bond donors (Lipinski definition) is 0. The molecule has 0 saturated carbocycles. The number of esters is 1. The number of carbonyl (C=O) groups is 2. The summed E-state index contributed by atoms with van der Waals surface area (Å²) >= 11 is 0. The summed E-state index contributed by atoms with van der Waals surface area (Å²) in [5, 5.41) is 0. The molecule has 2 aliphatic rings. The number of aryl methyl sites for hydroxylation is 4. The molecule has 140 valence electrons. The summed E-state index contributed by atoms with van der Waals surface area (Å²) in [7, 11) is 0. The van der Waals surface area contributed by atoms with Gasteiger partial charge >= 0.3 is 5.97 Å². The average Bonchev–Trinajstić information content (AvgIpc) is 3.18. The molecule has 2 aliphatic carbocycles. The lowest BCUT2D eigenvalue weighted by Gasteiger charge is -2.16. The molecule has 0 spiro atoms. The van der Waals surface area contributed by atoms with E-state index in [-0.39, 0.29) is 19.0 Å². The number of fused-ring (bicyclic) bond motifs is 2. The van der Waals surface area contributed by atoms with Crippen molar-refractivity contribution in [2.24, 2.45) is 0 Å². The van der Waals surface area contributed by atoms with Gasteiger partial charge in [0.2, 0.25) is 0 Å². The van der Waals surface area contributed by atoms with Crippen molar-refractivity contribution < 1.29 is 19.1 Å². The van der Waals surface area contributed by atoms with Crippen LogP contribution in [0.15, 0.2) is 36.4 Å². The highest BCUT2D eigenvalue weighted by Crippen LogP contribution is 2.26. The van der Waals surface area contributed by atoms with E-state index < -0.39 is 5.97 Å². The number of ether oxygens (including phenoxy) is 2. The lowest BCUT2D eigenvalue weighted by atomic mass is 9.90. The molecular weight excluding hydrogens is 340 g/mol. The van der Waals surface area contributed by atoms with Gasteiger partial charge in [-0.2, -0.15) is 0 Å². The molecule has 0 atom stereocenters. The van der Waals surface area contributed by atoms with Crippen LogP contribution in [0.2, 0.25) is 0 Å². The molecule has 0 saturated heterocycles. The van der Waals surface area contributed by atoms with E-state index in [1.165, 1.54) is 41.5 Å². The molecule has 2 aromatic rings. The first kappa shape index (κ1) is 17.8. The molecule has 0 N–H and O–H groups in total. The molecule has 2 aromatic carbocycles. The Balaban J connectivity index is 1.27. The Morgan fingerprint density at radius 2 is 1.41 bits per heavy atom. The fourth-order valence-electron chi connectivity index (χ4n) is 3.96. The SMILES string of the molecule is O=C(COc1ccc2c(c1)CCC2)OCC(=O)c1ccc2c(c1)CCCC2. The molecule has 0 unspecified atom stereocenters. The highest BCUT2D eigenvalue weighted by molar-refractivity contribution is 5.98. The van der Waals surface area contributed by atoms with Gasteiger partial charge in [0.15, 0.2) is 19.0 Å². The van der Waals surface area contributed by atoms with Crippen LogP contribution < -0.4 is 4.74 Å². The zero-order chi connectivity index (χ0) is 18.6. The third kappa shape index (κ3) is 4.21. The van der Waals surface area contributed by atoms with Gasteiger partial charge in [-0.05, 0) is 85.4 Å². The predicted octanol–water partition coefficient (Wildman–Crippen LogP) is 3.86. The molecule has 4 rings (SSSR count). The smallest absolute Gasteiger partial charge is 0.344 e. The zero-order valence-corrected chi connectivity index (χ0v) is 15.5. The van der Waals surface area contributed by atoms with Crippen molar-refractivity contribution in [2.75, 3.05) is 13.2 Å². The van der Waals surface area contributed by atoms with Crippen molar-refractivity contribution in [2.45, 2.75) is 44.9 Å². The second kappa shape index (κ2) is 7.95. The first-order valence-electron chi connectivity index (χ1n) is 9.74. The van der Waals surface area contributed by atoms with E-state index in [0.717, 1.165) is 25.7 Å². The molecule has 27 heavy (non-hydrogen) atoms. The Morgan fingerprint density at radius 1 is 0.741 bits per heavy atom. The van der Waals surface area contributed by atoms with Gasteiger partial charge in [0.1, 0.15) is 5.75 Å². The largest absolute Gasteiger partial charge is 0.482 e. The number of benzene rings is 2. The van der Waals surface area contributed by atoms with E-state index in [2.05, 4.69) is 6.07 Å². The average molecular weight is 364 g/mol. The van der Waals surface area contributed by atoms with Crippen LogP contribution in [0.3, 0.4) is 0 Å². The Hall–Kier alpha value is -2.62. The normalized spacial score (nSPS) is 15.0. The van der Waals surface area contributed by atoms with Crippen LogP contribution in [0.1, 0.15) is 51.9 Å². The summed E-state index contributed by atoms with van der Waals surface area (Å²) in [5.41, 5.74) is 5.85. The lowest BCUT2D eigenvalue weighted by molar-refractivity contribution is -0.144. The van der Waals surface area contributed by atoms with Crippen LogP contribution >= 0.6 is 0 Å². The minimum Gasteiger partial charge on any atom is -0.482 e. The predicted molar refractivity (Wildman–Crippen MR) is 102 cm³/mol. The highest BCUT2D eigenvalue weighted by Gasteiger charge is 2.15. The molecule has 0 aromatic heterocycles. The first-order chi connectivity index (χ1) is 13.2. The molecule has 4 heteroatoms. The molecule has 0 fully saturated rings. The minimum atomic E-state index is -0.526. The Kier molecular flexibility index (Phi) is 5.23. The molecule has 0 heterocycles. The van der Waals surface area contributed by atoms with E-state index >= 15 is 0 Å². The van der Waals surface area contributed by atoms with Gasteiger partial charge in [0.25, 0.3) is 0 Å². The summed E-state index contributed by atoms with van der Waals surface area (Å²) < 4.78 is 10.6. The Bertz CT molecular complexity index is 869. The van der Waals surface area contributed by atoms with Crippen molar-refractivity contribution in [1.29, 1.82) is 0 Å². The maximum absolute atomic E-state index is 12.3. The van der Waals surface area contributed by atoms with Crippen LogP contribution in [0.5, 0.6) is 5.75 Å². The van der Waals surface area contributed by atoms with Crippen LogP contribution in [0, 0.1) is 0 Å². The van der Waals surface area contributed by atoms with Crippen molar-refractivity contribution in [1.82, 2.24) is 0 Å². The first-order valence-corrected chi connectivity index (χ1v) is 9.74. The summed E-state index contributed by atoms with van der Waals surface area (Å²) in [6, 6.07) is 11.7. The lowest BCUT2D eigenvalue weighted by Crippen LogP contribution is -2.20. The third-order valence-corrected chi connectivity index (χ3v) is 5.46. The Labute approximate surface area is 159 Å². The van der Waals surface area contributed by atoms with Gasteiger partial charge < -0.3 is 9.47 Å². The fraction of sp³-hybridized carbons (Fsp3) is 0.391.